The zero-order valence-corrected chi connectivity index (χ0v) is 20.1. The van der Waals surface area contributed by atoms with Crippen molar-refractivity contribution < 1.29 is 9.53 Å². The highest BCUT2D eigenvalue weighted by atomic mass is 16.5. The van der Waals surface area contributed by atoms with Gasteiger partial charge >= 0.3 is 0 Å². The van der Waals surface area contributed by atoms with Gasteiger partial charge in [-0.3, -0.25) is 4.79 Å². The molecule has 0 aliphatic heterocycles. The molecule has 35 heavy (non-hydrogen) atoms. The summed E-state index contributed by atoms with van der Waals surface area (Å²) < 4.78 is 7.62. The van der Waals surface area contributed by atoms with Crippen molar-refractivity contribution in [2.24, 2.45) is 0 Å². The Bertz CT molecular complexity index is 1370. The molecule has 0 spiro atoms. The third-order valence-electron chi connectivity index (χ3n) is 6.50. The predicted octanol–water partition coefficient (Wildman–Crippen LogP) is 5.62. The van der Waals surface area contributed by atoms with E-state index in [1.54, 1.807) is 13.4 Å². The van der Waals surface area contributed by atoms with Gasteiger partial charge in [-0.2, -0.15) is 0 Å². The standard InChI is InChI=1S/C30H29N3O2/c1-21-19-33(20-31-21)28-15-12-23(18-29(28)35-2)17-25(16-22-8-4-3-5-9-22)30(34)32-27-14-13-24-10-6-7-11-26(24)27/h3-12,15,17-20,27H,13-14,16H2,1-2H3,(H,32,34)/b25-17+. The lowest BCUT2D eigenvalue weighted by atomic mass is 10.0. The van der Waals surface area contributed by atoms with Crippen molar-refractivity contribution in [3.05, 3.63) is 119 Å². The Morgan fingerprint density at radius 1 is 1.11 bits per heavy atom. The van der Waals surface area contributed by atoms with Gasteiger partial charge in [-0.25, -0.2) is 4.98 Å². The van der Waals surface area contributed by atoms with Gasteiger partial charge in [0.1, 0.15) is 5.75 Å². The van der Waals surface area contributed by atoms with Crippen LogP contribution in [0.4, 0.5) is 0 Å². The Kier molecular flexibility index (Phi) is 6.49. The highest BCUT2D eigenvalue weighted by molar-refractivity contribution is 5.98. The minimum Gasteiger partial charge on any atom is -0.495 e. The van der Waals surface area contributed by atoms with Crippen molar-refractivity contribution in [2.45, 2.75) is 32.2 Å². The number of carbonyl (C=O) groups is 1. The molecule has 1 aliphatic carbocycles. The fourth-order valence-corrected chi connectivity index (χ4v) is 4.72. The van der Waals surface area contributed by atoms with E-state index < -0.39 is 0 Å². The van der Waals surface area contributed by atoms with Crippen molar-refractivity contribution in [3.63, 3.8) is 0 Å². The molecule has 0 radical (unpaired) electrons. The quantitative estimate of drug-likeness (QED) is 0.362. The molecule has 0 saturated carbocycles. The summed E-state index contributed by atoms with van der Waals surface area (Å²) in [6.45, 7) is 1.96. The number of nitrogens with zero attached hydrogens (tertiary/aromatic N) is 2. The first kappa shape index (κ1) is 22.7. The van der Waals surface area contributed by atoms with E-state index in [1.165, 1.54) is 11.1 Å². The van der Waals surface area contributed by atoms with Crippen molar-refractivity contribution in [2.75, 3.05) is 7.11 Å². The average molecular weight is 464 g/mol. The van der Waals surface area contributed by atoms with E-state index in [0.717, 1.165) is 41.1 Å². The molecule has 0 bridgehead atoms. The molecule has 5 nitrogen and oxygen atoms in total. The number of aryl methyl sites for hydroxylation is 2. The van der Waals surface area contributed by atoms with Crippen LogP contribution in [0.2, 0.25) is 0 Å². The molecule has 1 unspecified atom stereocenters. The number of aromatic nitrogens is 2. The molecule has 1 N–H and O–H groups in total. The number of amides is 1. The number of ether oxygens (including phenoxy) is 1. The third-order valence-corrected chi connectivity index (χ3v) is 6.50. The van der Waals surface area contributed by atoms with Crippen LogP contribution in [0.5, 0.6) is 5.75 Å². The molecule has 176 valence electrons. The molecule has 1 heterocycles. The summed E-state index contributed by atoms with van der Waals surface area (Å²) in [5.74, 6) is 0.684. The van der Waals surface area contributed by atoms with E-state index in [4.69, 9.17) is 4.74 Å². The minimum atomic E-state index is -0.0381. The molecule has 3 aromatic carbocycles. The Morgan fingerprint density at radius 3 is 2.69 bits per heavy atom. The van der Waals surface area contributed by atoms with E-state index in [2.05, 4.69) is 40.6 Å². The highest BCUT2D eigenvalue weighted by Crippen LogP contribution is 2.31. The maximum absolute atomic E-state index is 13.5. The van der Waals surface area contributed by atoms with Crippen LogP contribution in [0.15, 0.2) is 90.9 Å². The van der Waals surface area contributed by atoms with Crippen molar-refractivity contribution in [3.8, 4) is 11.4 Å². The lowest BCUT2D eigenvalue weighted by molar-refractivity contribution is -0.118. The zero-order chi connectivity index (χ0) is 24.2. The summed E-state index contributed by atoms with van der Waals surface area (Å²) in [7, 11) is 1.66. The zero-order valence-electron chi connectivity index (χ0n) is 20.1. The van der Waals surface area contributed by atoms with Gasteiger partial charge in [-0.15, -0.1) is 0 Å². The number of hydrogen-bond acceptors (Lipinski definition) is 3. The van der Waals surface area contributed by atoms with Crippen LogP contribution in [0.25, 0.3) is 11.8 Å². The van der Waals surface area contributed by atoms with Crippen LogP contribution in [0.3, 0.4) is 0 Å². The Morgan fingerprint density at radius 2 is 1.91 bits per heavy atom. The first-order chi connectivity index (χ1) is 17.1. The summed E-state index contributed by atoms with van der Waals surface area (Å²) in [6.07, 6.45) is 8.17. The topological polar surface area (TPSA) is 56.1 Å². The fraction of sp³-hybridized carbons (Fsp3) is 0.200. The maximum atomic E-state index is 13.5. The lowest BCUT2D eigenvalue weighted by Gasteiger charge is -2.17. The van der Waals surface area contributed by atoms with Crippen LogP contribution in [0, 0.1) is 6.92 Å². The van der Waals surface area contributed by atoms with Crippen molar-refractivity contribution >= 4 is 12.0 Å². The number of rotatable bonds is 7. The first-order valence-corrected chi connectivity index (χ1v) is 11.9. The van der Waals surface area contributed by atoms with E-state index in [9.17, 15) is 4.79 Å². The Labute approximate surface area is 206 Å². The average Bonchev–Trinajstić information content (AvgIpc) is 3.50. The predicted molar refractivity (Wildman–Crippen MR) is 139 cm³/mol. The smallest absolute Gasteiger partial charge is 0.248 e. The number of carbonyl (C=O) groups excluding carboxylic acids is 1. The number of imidazole rings is 1. The monoisotopic (exact) mass is 463 g/mol. The number of methoxy groups -OCH3 is 1. The van der Waals surface area contributed by atoms with E-state index in [1.807, 2.05) is 66.2 Å². The number of hydrogen-bond donors (Lipinski definition) is 1. The van der Waals surface area contributed by atoms with Gasteiger partial charge in [0.25, 0.3) is 0 Å². The van der Waals surface area contributed by atoms with Crippen LogP contribution >= 0.6 is 0 Å². The van der Waals surface area contributed by atoms with Crippen LogP contribution in [-0.4, -0.2) is 22.6 Å². The molecule has 1 aliphatic rings. The van der Waals surface area contributed by atoms with Gasteiger partial charge in [0.05, 0.1) is 30.9 Å². The third kappa shape index (κ3) is 5.04. The summed E-state index contributed by atoms with van der Waals surface area (Å²) in [4.78, 5) is 17.9. The second-order valence-corrected chi connectivity index (χ2v) is 8.95. The van der Waals surface area contributed by atoms with E-state index in [-0.39, 0.29) is 11.9 Å². The highest BCUT2D eigenvalue weighted by Gasteiger charge is 2.24. The molecule has 4 aromatic rings. The van der Waals surface area contributed by atoms with Gasteiger partial charge < -0.3 is 14.6 Å². The molecule has 1 amide bonds. The van der Waals surface area contributed by atoms with Gasteiger partial charge in [-0.05, 0) is 60.2 Å². The summed E-state index contributed by atoms with van der Waals surface area (Å²) >= 11 is 0. The van der Waals surface area contributed by atoms with Crippen LogP contribution in [0.1, 0.15) is 40.4 Å². The second-order valence-electron chi connectivity index (χ2n) is 8.95. The number of fused-ring (bicyclic) bond motifs is 1. The molecule has 5 rings (SSSR count). The van der Waals surface area contributed by atoms with Crippen molar-refractivity contribution in [1.29, 1.82) is 0 Å². The fourth-order valence-electron chi connectivity index (χ4n) is 4.72. The minimum absolute atomic E-state index is 0.0381. The van der Waals surface area contributed by atoms with Gasteiger partial charge in [0, 0.05) is 18.2 Å². The Hall–Kier alpha value is -4.12. The molecule has 0 fully saturated rings. The van der Waals surface area contributed by atoms with Crippen LogP contribution in [-0.2, 0) is 17.6 Å². The molecular formula is C30H29N3O2. The molecule has 0 saturated heterocycles. The summed E-state index contributed by atoms with van der Waals surface area (Å²) in [5, 5.41) is 3.29. The number of benzene rings is 3. The SMILES string of the molecule is COc1cc(/C=C(\Cc2ccccc2)C(=O)NC2CCc3ccccc32)ccc1-n1cnc(C)c1. The van der Waals surface area contributed by atoms with Crippen LogP contribution < -0.4 is 10.1 Å². The van der Waals surface area contributed by atoms with Gasteiger partial charge in [0.15, 0.2) is 0 Å². The van der Waals surface area contributed by atoms with Crippen molar-refractivity contribution in [1.82, 2.24) is 14.9 Å². The largest absolute Gasteiger partial charge is 0.495 e. The summed E-state index contributed by atoms with van der Waals surface area (Å²) in [5.41, 5.74) is 7.11. The maximum Gasteiger partial charge on any atom is 0.248 e. The van der Waals surface area contributed by atoms with Gasteiger partial charge in [-0.1, -0.05) is 60.7 Å². The molecule has 5 heteroatoms. The summed E-state index contributed by atoms with van der Waals surface area (Å²) in [6, 6.07) is 24.5. The van der Waals surface area contributed by atoms with E-state index in [0.29, 0.717) is 12.0 Å². The first-order valence-electron chi connectivity index (χ1n) is 11.9. The lowest BCUT2D eigenvalue weighted by Crippen LogP contribution is -2.29. The molecule has 1 atom stereocenters. The Balaban J connectivity index is 1.46. The molecular weight excluding hydrogens is 434 g/mol. The van der Waals surface area contributed by atoms with Gasteiger partial charge in [0.2, 0.25) is 5.91 Å². The number of nitrogens with one attached hydrogen (secondary N) is 1. The normalized spacial score (nSPS) is 15.0. The molecule has 1 aromatic heterocycles. The second kappa shape index (κ2) is 10.0. The van der Waals surface area contributed by atoms with E-state index >= 15 is 0 Å².